The van der Waals surface area contributed by atoms with Crippen LogP contribution in [0.3, 0.4) is 0 Å². The molecule has 0 saturated heterocycles. The highest BCUT2D eigenvalue weighted by molar-refractivity contribution is 6.03. The van der Waals surface area contributed by atoms with Crippen molar-refractivity contribution in [2.24, 2.45) is 0 Å². The molecule has 116 valence electrons. The average Bonchev–Trinajstić information content (AvgIpc) is 3.03. The van der Waals surface area contributed by atoms with Crippen molar-refractivity contribution in [1.82, 2.24) is 14.5 Å². The zero-order valence-electron chi connectivity index (χ0n) is 13.1. The summed E-state index contributed by atoms with van der Waals surface area (Å²) < 4.78 is 1.95. The molecule has 2 heterocycles. The summed E-state index contributed by atoms with van der Waals surface area (Å²) in [4.78, 5) is 32.2. The van der Waals surface area contributed by atoms with Crippen molar-refractivity contribution in [2.75, 3.05) is 5.32 Å². The molecule has 2 rings (SSSR count). The van der Waals surface area contributed by atoms with Crippen LogP contribution in [0, 0.1) is 0 Å². The van der Waals surface area contributed by atoms with E-state index in [0.29, 0.717) is 24.2 Å². The number of anilines is 1. The second-order valence-corrected chi connectivity index (χ2v) is 4.89. The number of hydrogen-bond acceptors (Lipinski definition) is 4. The Kier molecular flexibility index (Phi) is 5.04. The number of aromatic nitrogens is 3. The van der Waals surface area contributed by atoms with Crippen molar-refractivity contribution in [3.8, 4) is 11.3 Å². The number of Topliss-reactive ketones (excluding diaryl/α,β-unsaturated/α-hetero) is 1. The third-order valence-corrected chi connectivity index (χ3v) is 3.36. The fourth-order valence-electron chi connectivity index (χ4n) is 2.01. The summed E-state index contributed by atoms with van der Waals surface area (Å²) in [6.07, 6.45) is 5.95. The maximum absolute atomic E-state index is 12.0. The Balaban J connectivity index is 2.43. The molecule has 0 aliphatic rings. The monoisotopic (exact) mass is 300 g/mol. The van der Waals surface area contributed by atoms with Crippen molar-refractivity contribution in [1.29, 1.82) is 0 Å². The fraction of sp³-hybridized carbons (Fsp3) is 0.375. The summed E-state index contributed by atoms with van der Waals surface area (Å²) in [6.45, 7) is 6.38. The van der Waals surface area contributed by atoms with Crippen molar-refractivity contribution in [3.63, 3.8) is 0 Å². The molecular formula is C16H20N4O2. The minimum Gasteiger partial charge on any atom is -0.337 e. The van der Waals surface area contributed by atoms with E-state index in [1.165, 1.54) is 0 Å². The minimum absolute atomic E-state index is 0.1000. The van der Waals surface area contributed by atoms with Gasteiger partial charge in [0.05, 0.1) is 17.7 Å². The van der Waals surface area contributed by atoms with Gasteiger partial charge in [0.15, 0.2) is 5.78 Å². The largest absolute Gasteiger partial charge is 0.337 e. The molecule has 22 heavy (non-hydrogen) atoms. The number of nitrogens with one attached hydrogen (secondary N) is 1. The summed E-state index contributed by atoms with van der Waals surface area (Å²) >= 11 is 0. The van der Waals surface area contributed by atoms with Gasteiger partial charge in [-0.25, -0.2) is 4.98 Å². The third kappa shape index (κ3) is 3.39. The minimum atomic E-state index is -0.150. The Morgan fingerprint density at radius 3 is 2.55 bits per heavy atom. The molecule has 0 saturated carbocycles. The van der Waals surface area contributed by atoms with Crippen LogP contribution in [0.5, 0.6) is 0 Å². The van der Waals surface area contributed by atoms with Gasteiger partial charge in [-0.15, -0.1) is 0 Å². The molecule has 2 aromatic heterocycles. The number of imidazole rings is 1. The first-order valence-electron chi connectivity index (χ1n) is 7.44. The van der Waals surface area contributed by atoms with E-state index in [2.05, 4.69) is 15.3 Å². The zero-order valence-corrected chi connectivity index (χ0v) is 13.1. The summed E-state index contributed by atoms with van der Waals surface area (Å²) in [5.74, 6) is -0.250. The highest BCUT2D eigenvalue weighted by Gasteiger charge is 2.15. The van der Waals surface area contributed by atoms with Gasteiger partial charge in [0.2, 0.25) is 5.91 Å². The van der Waals surface area contributed by atoms with Crippen molar-refractivity contribution >= 4 is 17.4 Å². The molecule has 1 amide bonds. The Morgan fingerprint density at radius 2 is 1.95 bits per heavy atom. The number of pyridine rings is 1. The van der Waals surface area contributed by atoms with Gasteiger partial charge in [-0.2, -0.15) is 0 Å². The lowest BCUT2D eigenvalue weighted by Gasteiger charge is -2.10. The van der Waals surface area contributed by atoms with Gasteiger partial charge in [0, 0.05) is 37.3 Å². The van der Waals surface area contributed by atoms with Crippen LogP contribution in [-0.4, -0.2) is 26.2 Å². The Morgan fingerprint density at radius 1 is 1.18 bits per heavy atom. The van der Waals surface area contributed by atoms with Crippen LogP contribution < -0.4 is 5.32 Å². The van der Waals surface area contributed by atoms with Gasteiger partial charge in [0.1, 0.15) is 5.69 Å². The van der Waals surface area contributed by atoms with Crippen LogP contribution in [0.15, 0.2) is 24.8 Å². The van der Waals surface area contributed by atoms with Crippen molar-refractivity contribution < 1.29 is 9.59 Å². The first kappa shape index (κ1) is 15.9. The molecule has 0 bridgehead atoms. The van der Waals surface area contributed by atoms with Crippen LogP contribution in [0.2, 0.25) is 0 Å². The standard InChI is InChI=1S/C16H20N4O2/c1-4-14(21)16-12(19-15(22)5-2)7-11(8-17-16)13-9-20(6-3)10-18-13/h7-10H,4-6H2,1-3H3,(H,19,22). The van der Waals surface area contributed by atoms with Crippen molar-refractivity contribution in [3.05, 3.63) is 30.5 Å². The number of ketones is 1. The predicted molar refractivity (Wildman–Crippen MR) is 84.7 cm³/mol. The lowest BCUT2D eigenvalue weighted by atomic mass is 10.1. The van der Waals surface area contributed by atoms with Gasteiger partial charge in [-0.05, 0) is 13.0 Å². The van der Waals surface area contributed by atoms with E-state index in [4.69, 9.17) is 0 Å². The second kappa shape index (κ2) is 6.98. The van der Waals surface area contributed by atoms with E-state index in [0.717, 1.165) is 17.8 Å². The Labute approximate surface area is 129 Å². The molecule has 1 N–H and O–H groups in total. The summed E-state index contributed by atoms with van der Waals surface area (Å²) in [5.41, 5.74) is 2.27. The third-order valence-electron chi connectivity index (χ3n) is 3.36. The van der Waals surface area contributed by atoms with Gasteiger partial charge < -0.3 is 9.88 Å². The van der Waals surface area contributed by atoms with E-state index in [-0.39, 0.29) is 11.7 Å². The molecule has 0 aromatic carbocycles. The summed E-state index contributed by atoms with van der Waals surface area (Å²) in [5, 5.41) is 2.75. The predicted octanol–water partition coefficient (Wildman–Crippen LogP) is 2.91. The zero-order chi connectivity index (χ0) is 16.1. The molecule has 6 heteroatoms. The normalized spacial score (nSPS) is 10.5. The molecule has 2 aromatic rings. The lowest BCUT2D eigenvalue weighted by molar-refractivity contribution is -0.115. The maximum atomic E-state index is 12.0. The summed E-state index contributed by atoms with van der Waals surface area (Å²) in [6, 6.07) is 1.76. The van der Waals surface area contributed by atoms with Gasteiger partial charge >= 0.3 is 0 Å². The first-order chi connectivity index (χ1) is 10.6. The van der Waals surface area contributed by atoms with Gasteiger partial charge in [-0.1, -0.05) is 13.8 Å². The Hall–Kier alpha value is -2.50. The number of amides is 1. The topological polar surface area (TPSA) is 76.9 Å². The SMILES string of the molecule is CCC(=O)Nc1cc(-c2cn(CC)cn2)cnc1C(=O)CC. The average molecular weight is 300 g/mol. The van der Waals surface area contributed by atoms with Crippen molar-refractivity contribution in [2.45, 2.75) is 40.2 Å². The quantitative estimate of drug-likeness (QED) is 0.832. The van der Waals surface area contributed by atoms with Crippen LogP contribution in [0.25, 0.3) is 11.3 Å². The molecule has 0 aliphatic carbocycles. The van der Waals surface area contributed by atoms with E-state index in [1.807, 2.05) is 17.7 Å². The van der Waals surface area contributed by atoms with Crippen LogP contribution in [0.1, 0.15) is 44.1 Å². The van der Waals surface area contributed by atoms with E-state index >= 15 is 0 Å². The fourth-order valence-corrected chi connectivity index (χ4v) is 2.01. The number of hydrogen-bond donors (Lipinski definition) is 1. The highest BCUT2D eigenvalue weighted by Crippen LogP contribution is 2.24. The summed E-state index contributed by atoms with van der Waals surface area (Å²) in [7, 11) is 0. The number of aryl methyl sites for hydroxylation is 1. The number of rotatable bonds is 6. The molecular weight excluding hydrogens is 280 g/mol. The highest BCUT2D eigenvalue weighted by atomic mass is 16.1. The molecule has 0 radical (unpaired) electrons. The molecule has 0 unspecified atom stereocenters. The van der Waals surface area contributed by atoms with E-state index < -0.39 is 0 Å². The van der Waals surface area contributed by atoms with Gasteiger partial charge in [-0.3, -0.25) is 14.6 Å². The van der Waals surface area contributed by atoms with Crippen LogP contribution in [0.4, 0.5) is 5.69 Å². The second-order valence-electron chi connectivity index (χ2n) is 4.89. The van der Waals surface area contributed by atoms with E-state index in [9.17, 15) is 9.59 Å². The van der Waals surface area contributed by atoms with Crippen LogP contribution in [-0.2, 0) is 11.3 Å². The first-order valence-corrected chi connectivity index (χ1v) is 7.44. The van der Waals surface area contributed by atoms with Gasteiger partial charge in [0.25, 0.3) is 0 Å². The van der Waals surface area contributed by atoms with Crippen LogP contribution >= 0.6 is 0 Å². The Bertz CT molecular complexity index is 691. The molecule has 0 aliphatic heterocycles. The van der Waals surface area contributed by atoms with E-state index in [1.54, 1.807) is 32.4 Å². The number of carbonyl (C=O) groups excluding carboxylic acids is 2. The molecule has 0 atom stereocenters. The lowest BCUT2D eigenvalue weighted by Crippen LogP contribution is -2.14. The molecule has 0 spiro atoms. The molecule has 6 nitrogen and oxygen atoms in total. The molecule has 0 fully saturated rings. The number of nitrogens with zero attached hydrogens (tertiary/aromatic N) is 3. The maximum Gasteiger partial charge on any atom is 0.224 e. The number of carbonyl (C=O) groups is 2. The smallest absolute Gasteiger partial charge is 0.224 e.